The Balaban J connectivity index is 1.86. The molecule has 8 nitrogen and oxygen atoms in total. The second-order valence-corrected chi connectivity index (χ2v) is 4.62. The first-order valence-electron chi connectivity index (χ1n) is 6.67. The molecular weight excluding hydrogens is 298 g/mol. The van der Waals surface area contributed by atoms with Crippen molar-refractivity contribution in [3.63, 3.8) is 0 Å². The van der Waals surface area contributed by atoms with Crippen LogP contribution < -0.4 is 11.0 Å². The van der Waals surface area contributed by atoms with Gasteiger partial charge in [0.2, 0.25) is 5.95 Å². The van der Waals surface area contributed by atoms with Crippen molar-refractivity contribution in [1.29, 1.82) is 0 Å². The van der Waals surface area contributed by atoms with Gasteiger partial charge < -0.3 is 0 Å². The molecule has 3 rings (SSSR count). The Morgan fingerprint density at radius 2 is 1.91 bits per heavy atom. The molecular formula is C15H11N5O3. The van der Waals surface area contributed by atoms with E-state index in [4.69, 9.17) is 0 Å². The van der Waals surface area contributed by atoms with Crippen LogP contribution in [0.3, 0.4) is 0 Å². The molecule has 0 aliphatic rings. The summed E-state index contributed by atoms with van der Waals surface area (Å²) in [6.45, 7) is 0. The third kappa shape index (κ3) is 3.05. The van der Waals surface area contributed by atoms with E-state index in [1.165, 1.54) is 12.3 Å². The van der Waals surface area contributed by atoms with Crippen LogP contribution in [-0.4, -0.2) is 21.1 Å². The topological polar surface area (TPSA) is 113 Å². The number of hydrogen-bond acceptors (Lipinski definition) is 6. The van der Waals surface area contributed by atoms with Crippen molar-refractivity contribution in [2.75, 3.05) is 5.43 Å². The number of aromatic nitrogens is 2. The van der Waals surface area contributed by atoms with Gasteiger partial charge in [0.1, 0.15) is 0 Å². The first-order valence-corrected chi connectivity index (χ1v) is 6.67. The molecule has 3 aromatic rings. The van der Waals surface area contributed by atoms with E-state index in [2.05, 4.69) is 20.5 Å². The Labute approximate surface area is 129 Å². The highest BCUT2D eigenvalue weighted by atomic mass is 16.6. The zero-order chi connectivity index (χ0) is 16.2. The molecule has 0 saturated heterocycles. The fraction of sp³-hybridized carbons (Fsp3) is 0. The lowest BCUT2D eigenvalue weighted by molar-refractivity contribution is -0.385. The van der Waals surface area contributed by atoms with Gasteiger partial charge in [0.25, 0.3) is 11.2 Å². The van der Waals surface area contributed by atoms with Crippen LogP contribution >= 0.6 is 0 Å². The normalized spacial score (nSPS) is 11.0. The smallest absolute Gasteiger partial charge is 0.278 e. The number of benzene rings is 2. The number of fused-ring (bicyclic) bond motifs is 1. The minimum atomic E-state index is -0.489. The molecule has 0 atom stereocenters. The van der Waals surface area contributed by atoms with Gasteiger partial charge in [-0.15, -0.1) is 0 Å². The van der Waals surface area contributed by atoms with Gasteiger partial charge in [0, 0.05) is 6.07 Å². The minimum absolute atomic E-state index is 0.0574. The van der Waals surface area contributed by atoms with Gasteiger partial charge in [-0.05, 0) is 18.2 Å². The molecule has 0 fully saturated rings. The van der Waals surface area contributed by atoms with Gasteiger partial charge in [0.15, 0.2) is 0 Å². The van der Waals surface area contributed by atoms with Crippen LogP contribution in [0.1, 0.15) is 5.56 Å². The molecule has 0 amide bonds. The maximum atomic E-state index is 11.9. The number of hydrazone groups is 1. The summed E-state index contributed by atoms with van der Waals surface area (Å²) in [5, 5.41) is 15.3. The van der Waals surface area contributed by atoms with Crippen molar-refractivity contribution in [2.45, 2.75) is 0 Å². The predicted octanol–water partition coefficient (Wildman–Crippen LogP) is 2.28. The molecule has 1 heterocycles. The van der Waals surface area contributed by atoms with E-state index < -0.39 is 4.92 Å². The molecule has 0 unspecified atom stereocenters. The van der Waals surface area contributed by atoms with Crippen LogP contribution in [-0.2, 0) is 0 Å². The fourth-order valence-corrected chi connectivity index (χ4v) is 2.07. The summed E-state index contributed by atoms with van der Waals surface area (Å²) in [6.07, 6.45) is 1.30. The summed E-state index contributed by atoms with van der Waals surface area (Å²) in [5.41, 5.74) is 3.09. The molecule has 2 N–H and O–H groups in total. The van der Waals surface area contributed by atoms with Crippen molar-refractivity contribution in [2.24, 2.45) is 5.10 Å². The lowest BCUT2D eigenvalue weighted by Crippen LogP contribution is -2.11. The number of anilines is 1. The number of rotatable bonds is 4. The van der Waals surface area contributed by atoms with E-state index in [9.17, 15) is 14.9 Å². The van der Waals surface area contributed by atoms with Crippen molar-refractivity contribution in [3.8, 4) is 0 Å². The zero-order valence-corrected chi connectivity index (χ0v) is 11.8. The quantitative estimate of drug-likeness (QED) is 0.436. The lowest BCUT2D eigenvalue weighted by Gasteiger charge is -2.01. The van der Waals surface area contributed by atoms with E-state index >= 15 is 0 Å². The van der Waals surface area contributed by atoms with Gasteiger partial charge in [-0.2, -0.15) is 5.10 Å². The van der Waals surface area contributed by atoms with Crippen molar-refractivity contribution in [1.82, 2.24) is 9.97 Å². The monoisotopic (exact) mass is 309 g/mol. The van der Waals surface area contributed by atoms with E-state index in [0.29, 0.717) is 16.5 Å². The molecule has 0 bridgehead atoms. The standard InChI is InChI=1S/C15H11N5O3/c21-14-11-6-2-3-7-12(11)17-15(18-14)19-16-9-10-5-1-4-8-13(10)20(22)23/h1-9H,(H2,17,18,19,21)/b16-9-. The van der Waals surface area contributed by atoms with Crippen LogP contribution in [0.4, 0.5) is 11.6 Å². The maximum absolute atomic E-state index is 11.9. The molecule has 23 heavy (non-hydrogen) atoms. The van der Waals surface area contributed by atoms with Gasteiger partial charge >= 0.3 is 0 Å². The van der Waals surface area contributed by atoms with Crippen LogP contribution in [0.5, 0.6) is 0 Å². The number of nitro benzene ring substituents is 1. The summed E-state index contributed by atoms with van der Waals surface area (Å²) in [6, 6.07) is 13.1. The Kier molecular flexibility index (Phi) is 3.79. The number of nitrogens with one attached hydrogen (secondary N) is 2. The van der Waals surface area contributed by atoms with Crippen molar-refractivity contribution in [3.05, 3.63) is 74.6 Å². The molecule has 114 valence electrons. The summed E-state index contributed by atoms with van der Waals surface area (Å²) >= 11 is 0. The molecule has 1 aromatic heterocycles. The van der Waals surface area contributed by atoms with Gasteiger partial charge in [-0.3, -0.25) is 19.9 Å². The second-order valence-electron chi connectivity index (χ2n) is 4.62. The van der Waals surface area contributed by atoms with E-state index in [1.807, 2.05) is 0 Å². The van der Waals surface area contributed by atoms with E-state index in [0.717, 1.165) is 0 Å². The van der Waals surface area contributed by atoms with Crippen molar-refractivity contribution >= 4 is 28.8 Å². The highest BCUT2D eigenvalue weighted by molar-refractivity contribution is 5.85. The Morgan fingerprint density at radius 1 is 1.17 bits per heavy atom. The number of nitrogens with zero attached hydrogens (tertiary/aromatic N) is 3. The number of aromatic amines is 1. The average molecular weight is 309 g/mol. The second kappa shape index (κ2) is 6.06. The van der Waals surface area contributed by atoms with Crippen LogP contribution in [0.2, 0.25) is 0 Å². The number of hydrogen-bond donors (Lipinski definition) is 2. The Hall–Kier alpha value is -3.55. The molecule has 0 aliphatic carbocycles. The fourth-order valence-electron chi connectivity index (χ4n) is 2.07. The van der Waals surface area contributed by atoms with E-state index in [-0.39, 0.29) is 17.2 Å². The SMILES string of the molecule is O=c1[nH]c(N/N=C\c2ccccc2[N+](=O)[O-])nc2ccccc12. The largest absolute Gasteiger partial charge is 0.291 e. The number of H-pyrrole nitrogens is 1. The van der Waals surface area contributed by atoms with Crippen LogP contribution in [0, 0.1) is 10.1 Å². The molecule has 2 aromatic carbocycles. The zero-order valence-electron chi connectivity index (χ0n) is 11.8. The first kappa shape index (κ1) is 14.4. The molecule has 0 aliphatic heterocycles. The van der Waals surface area contributed by atoms with E-state index in [1.54, 1.807) is 42.5 Å². The van der Waals surface area contributed by atoms with Crippen molar-refractivity contribution < 1.29 is 4.92 Å². The van der Waals surface area contributed by atoms with Gasteiger partial charge in [-0.25, -0.2) is 10.4 Å². The highest BCUT2D eigenvalue weighted by Gasteiger charge is 2.09. The molecule has 8 heteroatoms. The number of nitro groups is 1. The first-order chi connectivity index (χ1) is 11.1. The molecule has 0 spiro atoms. The third-order valence-electron chi connectivity index (χ3n) is 3.12. The maximum Gasteiger partial charge on any atom is 0.278 e. The summed E-state index contributed by atoms with van der Waals surface area (Å²) in [7, 11) is 0. The highest BCUT2D eigenvalue weighted by Crippen LogP contribution is 2.15. The van der Waals surface area contributed by atoms with Gasteiger partial charge in [-0.1, -0.05) is 24.3 Å². The average Bonchev–Trinajstić information content (AvgIpc) is 2.55. The number of para-hydroxylation sites is 2. The molecule has 0 radical (unpaired) electrons. The Morgan fingerprint density at radius 3 is 2.74 bits per heavy atom. The Bertz CT molecular complexity index is 964. The summed E-state index contributed by atoms with van der Waals surface area (Å²) in [4.78, 5) is 29.1. The van der Waals surface area contributed by atoms with Crippen LogP contribution in [0.15, 0.2) is 58.4 Å². The van der Waals surface area contributed by atoms with Crippen LogP contribution in [0.25, 0.3) is 10.9 Å². The van der Waals surface area contributed by atoms with Gasteiger partial charge in [0.05, 0.1) is 27.6 Å². The minimum Gasteiger partial charge on any atom is -0.291 e. The lowest BCUT2D eigenvalue weighted by atomic mass is 10.2. The summed E-state index contributed by atoms with van der Waals surface area (Å²) < 4.78 is 0. The molecule has 0 saturated carbocycles. The predicted molar refractivity (Wildman–Crippen MR) is 86.7 cm³/mol. The third-order valence-corrected chi connectivity index (χ3v) is 3.12. The summed E-state index contributed by atoms with van der Waals surface area (Å²) in [5.74, 6) is 0.156.